The quantitative estimate of drug-likeness (QED) is 0.188. The average Bonchev–Trinajstić information content (AvgIpc) is 3.76. The van der Waals surface area contributed by atoms with Crippen LogP contribution < -0.4 is 15.9 Å². The summed E-state index contributed by atoms with van der Waals surface area (Å²) < 4.78 is 22.5. The van der Waals surface area contributed by atoms with E-state index in [9.17, 15) is 0 Å². The molecule has 0 saturated heterocycles. The fourth-order valence-electron chi connectivity index (χ4n) is 8.44. The van der Waals surface area contributed by atoms with Crippen LogP contribution in [0.1, 0.15) is 22.3 Å². The Morgan fingerprint density at radius 3 is 1.78 bits per heavy atom. The second-order valence-corrected chi connectivity index (χ2v) is 15.0. The van der Waals surface area contributed by atoms with E-state index in [0.29, 0.717) is 0 Å². The Bertz CT molecular complexity index is 2520. The minimum Gasteiger partial charge on any atom is -0.456 e. The van der Waals surface area contributed by atoms with Crippen LogP contribution in [0.2, 0.25) is 0 Å². The fraction of sp³-hybridized carbons (Fsp3) is 0.0233. The van der Waals surface area contributed by atoms with Gasteiger partial charge >= 0.3 is 0 Å². The lowest BCUT2D eigenvalue weighted by Crippen LogP contribution is -2.29. The molecule has 0 radical (unpaired) electrons. The van der Waals surface area contributed by atoms with E-state index in [1.54, 1.807) is 0 Å². The van der Waals surface area contributed by atoms with Gasteiger partial charge in [0.2, 0.25) is 0 Å². The maximum absolute atomic E-state index is 16.0. The Balaban J connectivity index is 1.41. The Morgan fingerprint density at radius 1 is 0.457 bits per heavy atom. The van der Waals surface area contributed by atoms with Gasteiger partial charge in [-0.2, -0.15) is 0 Å². The summed E-state index contributed by atoms with van der Waals surface area (Å²) >= 11 is 0. The van der Waals surface area contributed by atoms with Gasteiger partial charge in [0.25, 0.3) is 0 Å². The minimum absolute atomic E-state index is 0.613. The summed E-state index contributed by atoms with van der Waals surface area (Å²) in [5.41, 5.74) is 10.7. The Kier molecular flexibility index (Phi) is 5.23. The van der Waals surface area contributed by atoms with Crippen LogP contribution in [0.4, 0.5) is 0 Å². The average molecular weight is 607 g/mol. The summed E-state index contributed by atoms with van der Waals surface area (Å²) in [6.07, 6.45) is 0. The molecule has 0 amide bonds. The van der Waals surface area contributed by atoms with Crippen molar-refractivity contribution >= 4 is 45.0 Å². The monoisotopic (exact) mass is 606 g/mol. The maximum atomic E-state index is 16.0. The van der Waals surface area contributed by atoms with Crippen molar-refractivity contribution in [2.75, 3.05) is 0 Å². The third-order valence-electron chi connectivity index (χ3n) is 10.2. The number of rotatable bonds is 3. The molecular formula is C43H27O2P. The van der Waals surface area contributed by atoms with Crippen LogP contribution in [0.3, 0.4) is 0 Å². The molecule has 1 unspecified atom stereocenters. The second kappa shape index (κ2) is 9.30. The first-order valence-corrected chi connectivity index (χ1v) is 17.4. The molecule has 3 heteroatoms. The van der Waals surface area contributed by atoms with Gasteiger partial charge in [0.15, 0.2) is 7.14 Å². The third-order valence-corrected chi connectivity index (χ3v) is 13.3. The lowest BCUT2D eigenvalue weighted by Gasteiger charge is -2.31. The zero-order chi connectivity index (χ0) is 30.5. The molecule has 216 valence electrons. The van der Waals surface area contributed by atoms with Crippen molar-refractivity contribution < 1.29 is 8.98 Å². The molecule has 7 aromatic carbocycles. The molecule has 2 aliphatic carbocycles. The van der Waals surface area contributed by atoms with Crippen LogP contribution >= 0.6 is 7.14 Å². The van der Waals surface area contributed by atoms with Crippen molar-refractivity contribution in [3.63, 3.8) is 0 Å². The molecule has 0 bridgehead atoms. The second-order valence-electron chi connectivity index (χ2n) is 12.3. The first-order chi connectivity index (χ1) is 22.7. The summed E-state index contributed by atoms with van der Waals surface area (Å²) in [6.45, 7) is 0. The lowest BCUT2D eigenvalue weighted by molar-refractivity contribution is 0.592. The summed E-state index contributed by atoms with van der Waals surface area (Å²) in [4.78, 5) is 0. The molecule has 0 saturated carbocycles. The highest BCUT2D eigenvalue weighted by Crippen LogP contribution is 2.65. The van der Waals surface area contributed by atoms with Crippen LogP contribution in [0.5, 0.6) is 0 Å². The van der Waals surface area contributed by atoms with Crippen LogP contribution in [0, 0.1) is 0 Å². The van der Waals surface area contributed by atoms with E-state index in [1.165, 1.54) is 33.4 Å². The summed E-state index contributed by atoms with van der Waals surface area (Å²) in [5, 5.41) is 4.81. The van der Waals surface area contributed by atoms with Gasteiger partial charge in [-0.15, -0.1) is 0 Å². The Hall–Kier alpha value is -5.43. The van der Waals surface area contributed by atoms with Gasteiger partial charge in [0, 0.05) is 26.7 Å². The van der Waals surface area contributed by atoms with Gasteiger partial charge in [-0.25, -0.2) is 0 Å². The smallest absolute Gasteiger partial charge is 0.171 e. The van der Waals surface area contributed by atoms with Crippen molar-refractivity contribution in [2.24, 2.45) is 0 Å². The number of hydrogen-bond donors (Lipinski definition) is 0. The molecule has 0 fully saturated rings. The van der Waals surface area contributed by atoms with Gasteiger partial charge in [0.05, 0.1) is 5.41 Å². The molecule has 0 N–H and O–H groups in total. The number of benzene rings is 7. The largest absolute Gasteiger partial charge is 0.456 e. The molecule has 1 heterocycles. The molecular weight excluding hydrogens is 579 g/mol. The van der Waals surface area contributed by atoms with Gasteiger partial charge in [-0.3, -0.25) is 0 Å². The van der Waals surface area contributed by atoms with Gasteiger partial charge in [0.1, 0.15) is 11.2 Å². The van der Waals surface area contributed by atoms with E-state index in [1.807, 2.05) is 66.7 Å². The predicted molar refractivity (Wildman–Crippen MR) is 189 cm³/mol. The minimum atomic E-state index is -3.29. The van der Waals surface area contributed by atoms with Crippen LogP contribution in [0.15, 0.2) is 168 Å². The number of fused-ring (bicyclic) bond motifs is 14. The molecule has 2 nitrogen and oxygen atoms in total. The molecule has 0 aliphatic heterocycles. The van der Waals surface area contributed by atoms with E-state index < -0.39 is 12.6 Å². The van der Waals surface area contributed by atoms with E-state index in [-0.39, 0.29) is 0 Å². The zero-order valence-electron chi connectivity index (χ0n) is 24.9. The van der Waals surface area contributed by atoms with Crippen LogP contribution in [-0.2, 0) is 9.98 Å². The lowest BCUT2D eigenvalue weighted by atomic mass is 9.69. The van der Waals surface area contributed by atoms with Crippen molar-refractivity contribution in [3.8, 4) is 22.3 Å². The van der Waals surface area contributed by atoms with Crippen LogP contribution in [-0.4, -0.2) is 0 Å². The maximum Gasteiger partial charge on any atom is 0.171 e. The zero-order valence-corrected chi connectivity index (χ0v) is 25.7. The van der Waals surface area contributed by atoms with Gasteiger partial charge in [-0.05, 0) is 56.6 Å². The standard InChI is InChI=1S/C43H27O2P/c44-46(28-14-3-1-4-15-28,29-16-5-2-6-17-29)39-25-13-23-36-40(39)32-19-8-11-22-35(32)43(36)34-21-10-7-18-30(34)31-26-27-38-41(42(31)43)33-20-9-12-24-37(33)45-38/h1-27H. The SMILES string of the molecule is O=P(c1ccccc1)(c1ccccc1)c1cccc2c1-c1ccccc1C21c2ccccc2-c2ccc3oc4ccccc4c3c21. The van der Waals surface area contributed by atoms with Crippen molar-refractivity contribution in [3.05, 3.63) is 186 Å². The van der Waals surface area contributed by atoms with Crippen molar-refractivity contribution in [1.82, 2.24) is 0 Å². The highest BCUT2D eigenvalue weighted by atomic mass is 31.2. The molecule has 8 aromatic rings. The summed E-state index contributed by atoms with van der Waals surface area (Å²) in [5.74, 6) is 0. The van der Waals surface area contributed by atoms with Crippen molar-refractivity contribution in [1.29, 1.82) is 0 Å². The Morgan fingerprint density at radius 2 is 1.04 bits per heavy atom. The van der Waals surface area contributed by atoms with E-state index in [4.69, 9.17) is 4.42 Å². The third kappa shape index (κ3) is 3.10. The molecule has 10 rings (SSSR count). The normalized spacial score (nSPS) is 16.0. The predicted octanol–water partition coefficient (Wildman–Crippen LogP) is 9.57. The molecule has 1 atom stereocenters. The van der Waals surface area contributed by atoms with Crippen molar-refractivity contribution in [2.45, 2.75) is 5.41 Å². The van der Waals surface area contributed by atoms with E-state index >= 15 is 4.57 Å². The Labute approximate surface area is 267 Å². The van der Waals surface area contributed by atoms with Crippen LogP contribution in [0.25, 0.3) is 44.2 Å². The van der Waals surface area contributed by atoms with Gasteiger partial charge < -0.3 is 8.98 Å². The highest BCUT2D eigenvalue weighted by Gasteiger charge is 2.54. The first kappa shape index (κ1) is 25.9. The molecule has 1 spiro atoms. The molecule has 1 aromatic heterocycles. The summed E-state index contributed by atoms with van der Waals surface area (Å²) in [7, 11) is -3.29. The molecule has 2 aliphatic rings. The topological polar surface area (TPSA) is 30.2 Å². The highest BCUT2D eigenvalue weighted by molar-refractivity contribution is 7.85. The first-order valence-electron chi connectivity index (χ1n) is 15.7. The summed E-state index contributed by atoms with van der Waals surface area (Å²) in [6, 6.07) is 56.8. The fourth-order valence-corrected chi connectivity index (χ4v) is 11.3. The van der Waals surface area contributed by atoms with E-state index in [0.717, 1.165) is 49.0 Å². The van der Waals surface area contributed by atoms with Gasteiger partial charge in [-0.1, -0.05) is 152 Å². The van der Waals surface area contributed by atoms with E-state index in [2.05, 4.69) is 97.1 Å². The molecule has 46 heavy (non-hydrogen) atoms. The number of hydrogen-bond acceptors (Lipinski definition) is 2. The number of para-hydroxylation sites is 1. The number of furan rings is 1.